The number of alkyl carbamates (subject to hydrolysis) is 1. The van der Waals surface area contributed by atoms with E-state index in [2.05, 4.69) is 11.9 Å². The van der Waals surface area contributed by atoms with Crippen LogP contribution in [0.5, 0.6) is 0 Å². The van der Waals surface area contributed by atoms with E-state index in [0.717, 1.165) is 5.56 Å². The highest BCUT2D eigenvalue weighted by molar-refractivity contribution is 5.68. The lowest BCUT2D eigenvalue weighted by atomic mass is 10.2. The monoisotopic (exact) mass is 277 g/mol. The lowest BCUT2D eigenvalue weighted by Crippen LogP contribution is -2.40. The number of nitrogens with one attached hydrogen (secondary N) is 1. The molecule has 4 heteroatoms. The van der Waals surface area contributed by atoms with E-state index in [0.29, 0.717) is 13.2 Å². The van der Waals surface area contributed by atoms with Crippen molar-refractivity contribution in [1.29, 1.82) is 0 Å². The van der Waals surface area contributed by atoms with Crippen LogP contribution in [0.2, 0.25) is 0 Å². The highest BCUT2D eigenvalue weighted by Crippen LogP contribution is 2.07. The van der Waals surface area contributed by atoms with Gasteiger partial charge in [-0.3, -0.25) is 0 Å². The number of carbonyl (C=O) groups excluding carboxylic acids is 1. The molecule has 0 aliphatic carbocycles. The standard InChI is InChI=1S/C16H23NO3/c1-5-14(17-15(18)20-16(2,3)4)12-19-11-13-9-7-6-8-10-13/h5-10,14H,1,11-12H2,2-4H3,(H,17,18)/t14-/m1/s1. The molecule has 0 spiro atoms. The minimum atomic E-state index is -0.513. The Hall–Kier alpha value is -1.81. The van der Waals surface area contributed by atoms with Gasteiger partial charge in [-0.05, 0) is 26.3 Å². The Morgan fingerprint density at radius 2 is 2.00 bits per heavy atom. The van der Waals surface area contributed by atoms with Crippen molar-refractivity contribution in [3.05, 3.63) is 48.6 Å². The zero-order chi connectivity index (χ0) is 15.0. The number of hydrogen-bond acceptors (Lipinski definition) is 3. The summed E-state index contributed by atoms with van der Waals surface area (Å²) in [5.74, 6) is 0. The van der Waals surface area contributed by atoms with Crippen LogP contribution in [-0.2, 0) is 16.1 Å². The van der Waals surface area contributed by atoms with Crippen LogP contribution in [-0.4, -0.2) is 24.3 Å². The van der Waals surface area contributed by atoms with Gasteiger partial charge in [-0.1, -0.05) is 36.4 Å². The summed E-state index contributed by atoms with van der Waals surface area (Å²) in [7, 11) is 0. The van der Waals surface area contributed by atoms with Gasteiger partial charge in [0.25, 0.3) is 0 Å². The number of benzene rings is 1. The summed E-state index contributed by atoms with van der Waals surface area (Å²) >= 11 is 0. The maximum atomic E-state index is 11.6. The third-order valence-electron chi connectivity index (χ3n) is 2.40. The van der Waals surface area contributed by atoms with E-state index in [9.17, 15) is 4.79 Å². The van der Waals surface area contributed by atoms with Gasteiger partial charge in [0.15, 0.2) is 0 Å². The first-order valence-electron chi connectivity index (χ1n) is 6.64. The number of hydrogen-bond donors (Lipinski definition) is 1. The molecule has 110 valence electrons. The molecule has 0 bridgehead atoms. The molecule has 1 amide bonds. The first-order chi connectivity index (χ1) is 9.40. The zero-order valence-electron chi connectivity index (χ0n) is 12.4. The van der Waals surface area contributed by atoms with Crippen molar-refractivity contribution in [1.82, 2.24) is 5.32 Å². The lowest BCUT2D eigenvalue weighted by Gasteiger charge is -2.22. The molecule has 20 heavy (non-hydrogen) atoms. The third-order valence-corrected chi connectivity index (χ3v) is 2.40. The number of rotatable bonds is 6. The van der Waals surface area contributed by atoms with E-state index < -0.39 is 11.7 Å². The molecule has 1 atom stereocenters. The first kappa shape index (κ1) is 16.2. The minimum Gasteiger partial charge on any atom is -0.444 e. The highest BCUT2D eigenvalue weighted by Gasteiger charge is 2.18. The molecule has 1 rings (SSSR count). The van der Waals surface area contributed by atoms with Crippen LogP contribution in [0.1, 0.15) is 26.3 Å². The maximum absolute atomic E-state index is 11.6. The Balaban J connectivity index is 2.33. The van der Waals surface area contributed by atoms with Crippen LogP contribution < -0.4 is 5.32 Å². The number of ether oxygens (including phenoxy) is 2. The van der Waals surface area contributed by atoms with Crippen molar-refractivity contribution < 1.29 is 14.3 Å². The van der Waals surface area contributed by atoms with Crippen molar-refractivity contribution in [2.45, 2.75) is 39.0 Å². The second-order valence-corrected chi connectivity index (χ2v) is 5.49. The average molecular weight is 277 g/mol. The van der Waals surface area contributed by atoms with Crippen molar-refractivity contribution >= 4 is 6.09 Å². The van der Waals surface area contributed by atoms with E-state index in [4.69, 9.17) is 9.47 Å². The Labute approximate surface area is 120 Å². The van der Waals surface area contributed by atoms with Gasteiger partial charge in [-0.2, -0.15) is 0 Å². The average Bonchev–Trinajstić information content (AvgIpc) is 2.36. The molecule has 0 radical (unpaired) electrons. The zero-order valence-corrected chi connectivity index (χ0v) is 12.4. The van der Waals surface area contributed by atoms with Gasteiger partial charge in [0.05, 0.1) is 19.3 Å². The van der Waals surface area contributed by atoms with Crippen molar-refractivity contribution in [2.24, 2.45) is 0 Å². The molecule has 0 unspecified atom stereocenters. The van der Waals surface area contributed by atoms with Gasteiger partial charge in [0.2, 0.25) is 0 Å². The van der Waals surface area contributed by atoms with E-state index >= 15 is 0 Å². The summed E-state index contributed by atoms with van der Waals surface area (Å²) in [5, 5.41) is 2.71. The molecule has 0 fully saturated rings. The van der Waals surface area contributed by atoms with E-state index in [1.807, 2.05) is 51.1 Å². The largest absolute Gasteiger partial charge is 0.444 e. The number of carbonyl (C=O) groups is 1. The topological polar surface area (TPSA) is 47.6 Å². The van der Waals surface area contributed by atoms with Gasteiger partial charge < -0.3 is 14.8 Å². The van der Waals surface area contributed by atoms with Gasteiger partial charge in [0, 0.05) is 0 Å². The fraction of sp³-hybridized carbons (Fsp3) is 0.438. The molecule has 1 aromatic rings. The summed E-state index contributed by atoms with van der Waals surface area (Å²) in [4.78, 5) is 11.6. The van der Waals surface area contributed by atoms with E-state index in [1.54, 1.807) is 6.08 Å². The van der Waals surface area contributed by atoms with Crippen LogP contribution in [0.3, 0.4) is 0 Å². The Morgan fingerprint density at radius 3 is 2.55 bits per heavy atom. The van der Waals surface area contributed by atoms with E-state index in [1.165, 1.54) is 0 Å². The van der Waals surface area contributed by atoms with Crippen LogP contribution in [0.15, 0.2) is 43.0 Å². The van der Waals surface area contributed by atoms with Crippen LogP contribution >= 0.6 is 0 Å². The van der Waals surface area contributed by atoms with Crippen molar-refractivity contribution in [2.75, 3.05) is 6.61 Å². The Morgan fingerprint density at radius 1 is 1.35 bits per heavy atom. The van der Waals surface area contributed by atoms with E-state index in [-0.39, 0.29) is 6.04 Å². The summed E-state index contributed by atoms with van der Waals surface area (Å²) in [6.07, 6.45) is 1.17. The van der Waals surface area contributed by atoms with Gasteiger partial charge >= 0.3 is 6.09 Å². The lowest BCUT2D eigenvalue weighted by molar-refractivity contribution is 0.0459. The van der Waals surface area contributed by atoms with Crippen LogP contribution in [0.25, 0.3) is 0 Å². The predicted molar refractivity (Wildman–Crippen MR) is 79.5 cm³/mol. The highest BCUT2D eigenvalue weighted by atomic mass is 16.6. The molecule has 0 saturated carbocycles. The molecule has 0 heterocycles. The molecule has 0 saturated heterocycles. The summed E-state index contributed by atoms with van der Waals surface area (Å²) in [5.41, 5.74) is 0.577. The first-order valence-corrected chi connectivity index (χ1v) is 6.64. The molecule has 1 N–H and O–H groups in total. The van der Waals surface area contributed by atoms with Crippen molar-refractivity contribution in [3.8, 4) is 0 Å². The molecule has 0 aromatic heterocycles. The fourth-order valence-electron chi connectivity index (χ4n) is 1.51. The maximum Gasteiger partial charge on any atom is 0.408 e. The Kier molecular flexibility index (Phi) is 6.25. The van der Waals surface area contributed by atoms with Crippen molar-refractivity contribution in [3.63, 3.8) is 0 Å². The van der Waals surface area contributed by atoms with Gasteiger partial charge in [-0.25, -0.2) is 4.79 Å². The second-order valence-electron chi connectivity index (χ2n) is 5.49. The van der Waals surface area contributed by atoms with Crippen LogP contribution in [0, 0.1) is 0 Å². The molecule has 0 aliphatic rings. The summed E-state index contributed by atoms with van der Waals surface area (Å²) in [6.45, 7) is 10.0. The fourth-order valence-corrected chi connectivity index (χ4v) is 1.51. The van der Waals surface area contributed by atoms with Gasteiger partial charge in [0.1, 0.15) is 5.60 Å². The van der Waals surface area contributed by atoms with Gasteiger partial charge in [-0.15, -0.1) is 6.58 Å². The SMILES string of the molecule is C=C[C@H](COCc1ccccc1)NC(=O)OC(C)(C)C. The summed E-state index contributed by atoms with van der Waals surface area (Å²) < 4.78 is 10.7. The normalized spacial score (nSPS) is 12.6. The molecule has 0 aliphatic heterocycles. The minimum absolute atomic E-state index is 0.270. The smallest absolute Gasteiger partial charge is 0.408 e. The Bertz CT molecular complexity index is 423. The third kappa shape index (κ3) is 6.95. The predicted octanol–water partition coefficient (Wildman–Crippen LogP) is 3.28. The molecular formula is C16H23NO3. The molecule has 1 aromatic carbocycles. The molecular weight excluding hydrogens is 254 g/mol. The van der Waals surface area contributed by atoms with Crippen LogP contribution in [0.4, 0.5) is 4.79 Å². The number of amides is 1. The summed E-state index contributed by atoms with van der Waals surface area (Å²) in [6, 6.07) is 9.59. The quantitative estimate of drug-likeness (QED) is 0.812. The molecule has 4 nitrogen and oxygen atoms in total. The second kappa shape index (κ2) is 7.70.